The van der Waals surface area contributed by atoms with Crippen molar-refractivity contribution in [1.82, 2.24) is 0 Å². The molecule has 1 atom stereocenters. The Morgan fingerprint density at radius 1 is 1.39 bits per heavy atom. The van der Waals surface area contributed by atoms with E-state index in [1.54, 1.807) is 6.92 Å². The molecular formula is C13H17NO3S. The molecule has 1 unspecified atom stereocenters. The van der Waals surface area contributed by atoms with Crippen LogP contribution in [0.4, 0.5) is 0 Å². The van der Waals surface area contributed by atoms with Crippen molar-refractivity contribution in [1.29, 1.82) is 0 Å². The topological polar surface area (TPSA) is 69.4 Å². The van der Waals surface area contributed by atoms with Crippen molar-refractivity contribution in [2.75, 3.05) is 0 Å². The van der Waals surface area contributed by atoms with Crippen molar-refractivity contribution in [3.8, 4) is 0 Å². The number of rotatable bonds is 5. The van der Waals surface area contributed by atoms with Gasteiger partial charge in [0.15, 0.2) is 0 Å². The first kappa shape index (κ1) is 13.3. The third kappa shape index (κ3) is 3.41. The number of fused-ring (bicyclic) bond motifs is 1. The lowest BCUT2D eigenvalue weighted by molar-refractivity contribution is 0.220. The lowest BCUT2D eigenvalue weighted by atomic mass is 10.0. The molecule has 0 saturated carbocycles. The van der Waals surface area contributed by atoms with Gasteiger partial charge in [0.25, 0.3) is 0 Å². The number of benzene rings is 1. The molecule has 5 heteroatoms. The van der Waals surface area contributed by atoms with Gasteiger partial charge in [0, 0.05) is 0 Å². The average molecular weight is 267 g/mol. The van der Waals surface area contributed by atoms with E-state index in [1.165, 1.54) is 16.7 Å². The standard InChI is InChI=1S/C13H17NO3S/c1-10(17-18(14,15)16)6-7-12-9-8-11-4-2-3-5-13(11)12/h2-5,9-10H,6-8H2,1H3,(H2,14,15,16). The fraction of sp³-hybridized carbons (Fsp3) is 0.385. The van der Waals surface area contributed by atoms with E-state index in [9.17, 15) is 8.42 Å². The van der Waals surface area contributed by atoms with E-state index in [1.807, 2.05) is 12.1 Å². The molecule has 1 aliphatic carbocycles. The molecule has 0 amide bonds. The van der Waals surface area contributed by atoms with Crippen molar-refractivity contribution in [3.63, 3.8) is 0 Å². The second kappa shape index (κ2) is 5.22. The van der Waals surface area contributed by atoms with Crippen LogP contribution >= 0.6 is 0 Å². The molecule has 2 rings (SSSR count). The van der Waals surface area contributed by atoms with Gasteiger partial charge in [-0.25, -0.2) is 5.14 Å². The smallest absolute Gasteiger partial charge is 0.255 e. The summed E-state index contributed by atoms with van der Waals surface area (Å²) in [6.07, 6.45) is 4.18. The van der Waals surface area contributed by atoms with Crippen molar-refractivity contribution < 1.29 is 12.6 Å². The van der Waals surface area contributed by atoms with Crippen LogP contribution in [0, 0.1) is 0 Å². The first-order chi connectivity index (χ1) is 8.46. The van der Waals surface area contributed by atoms with Gasteiger partial charge >= 0.3 is 10.3 Å². The Labute approximate surface area is 108 Å². The van der Waals surface area contributed by atoms with Gasteiger partial charge in [0.2, 0.25) is 0 Å². The summed E-state index contributed by atoms with van der Waals surface area (Å²) in [6.45, 7) is 1.71. The van der Waals surface area contributed by atoms with Crippen molar-refractivity contribution in [3.05, 3.63) is 41.5 Å². The van der Waals surface area contributed by atoms with Crippen LogP contribution < -0.4 is 5.14 Å². The minimum absolute atomic E-state index is 0.395. The first-order valence-electron chi connectivity index (χ1n) is 5.94. The van der Waals surface area contributed by atoms with Gasteiger partial charge in [-0.3, -0.25) is 4.18 Å². The summed E-state index contributed by atoms with van der Waals surface area (Å²) in [7, 11) is -3.85. The van der Waals surface area contributed by atoms with E-state index in [0.717, 1.165) is 12.8 Å². The highest BCUT2D eigenvalue weighted by Gasteiger charge is 2.16. The minimum Gasteiger partial charge on any atom is -0.255 e. The molecule has 1 aliphatic rings. The van der Waals surface area contributed by atoms with Crippen LogP contribution in [0.1, 0.15) is 30.9 Å². The highest BCUT2D eigenvalue weighted by Crippen LogP contribution is 2.30. The van der Waals surface area contributed by atoms with Crippen molar-refractivity contribution >= 4 is 15.9 Å². The van der Waals surface area contributed by atoms with Crippen molar-refractivity contribution in [2.45, 2.75) is 32.3 Å². The van der Waals surface area contributed by atoms with Crippen LogP contribution in [0.25, 0.3) is 5.57 Å². The van der Waals surface area contributed by atoms with E-state index in [2.05, 4.69) is 18.2 Å². The molecule has 0 saturated heterocycles. The van der Waals surface area contributed by atoms with Crippen molar-refractivity contribution in [2.24, 2.45) is 5.14 Å². The third-order valence-corrected chi connectivity index (χ3v) is 3.65. The average Bonchev–Trinajstić information content (AvgIpc) is 2.67. The van der Waals surface area contributed by atoms with E-state index >= 15 is 0 Å². The summed E-state index contributed by atoms with van der Waals surface area (Å²) < 4.78 is 26.3. The largest absolute Gasteiger partial charge is 0.333 e. The van der Waals surface area contributed by atoms with E-state index < -0.39 is 16.4 Å². The fourth-order valence-electron chi connectivity index (χ4n) is 2.23. The zero-order valence-electron chi connectivity index (χ0n) is 10.3. The Hall–Kier alpha value is -1.17. The molecule has 0 fully saturated rings. The lowest BCUT2D eigenvalue weighted by Gasteiger charge is -2.11. The molecule has 0 aliphatic heterocycles. The number of allylic oxidation sites excluding steroid dienone is 2. The molecule has 2 N–H and O–H groups in total. The summed E-state index contributed by atoms with van der Waals surface area (Å²) in [5.41, 5.74) is 3.85. The Morgan fingerprint density at radius 3 is 2.83 bits per heavy atom. The van der Waals surface area contributed by atoms with Gasteiger partial charge < -0.3 is 0 Å². The lowest BCUT2D eigenvalue weighted by Crippen LogP contribution is -2.22. The molecule has 18 heavy (non-hydrogen) atoms. The minimum atomic E-state index is -3.85. The molecule has 0 heterocycles. The molecule has 0 aromatic heterocycles. The van der Waals surface area contributed by atoms with Crippen LogP contribution in [0.3, 0.4) is 0 Å². The fourth-order valence-corrected chi connectivity index (χ4v) is 2.78. The summed E-state index contributed by atoms with van der Waals surface area (Å²) in [6, 6.07) is 8.26. The predicted molar refractivity (Wildman–Crippen MR) is 71.0 cm³/mol. The molecular weight excluding hydrogens is 250 g/mol. The second-order valence-electron chi connectivity index (χ2n) is 4.53. The second-order valence-corrected chi connectivity index (χ2v) is 5.71. The third-order valence-electron chi connectivity index (χ3n) is 3.05. The van der Waals surface area contributed by atoms with E-state index in [0.29, 0.717) is 6.42 Å². The van der Waals surface area contributed by atoms with E-state index in [-0.39, 0.29) is 0 Å². The predicted octanol–water partition coefficient (Wildman–Crippen LogP) is 2.01. The molecule has 0 spiro atoms. The molecule has 4 nitrogen and oxygen atoms in total. The molecule has 0 radical (unpaired) electrons. The first-order valence-corrected chi connectivity index (χ1v) is 7.41. The van der Waals surface area contributed by atoms with Crippen LogP contribution in [-0.2, 0) is 20.9 Å². The van der Waals surface area contributed by atoms with Gasteiger partial charge in [-0.05, 0) is 42.9 Å². The van der Waals surface area contributed by atoms with Gasteiger partial charge in [-0.1, -0.05) is 30.3 Å². The van der Waals surface area contributed by atoms with Crippen LogP contribution in [0.5, 0.6) is 0 Å². The number of nitrogens with two attached hydrogens (primary N) is 1. The number of hydrogen-bond donors (Lipinski definition) is 1. The molecule has 0 bridgehead atoms. The van der Waals surface area contributed by atoms with Gasteiger partial charge in [-0.2, -0.15) is 8.42 Å². The monoisotopic (exact) mass is 267 g/mol. The summed E-state index contributed by atoms with van der Waals surface area (Å²) in [4.78, 5) is 0. The zero-order chi connectivity index (χ0) is 13.2. The molecule has 1 aromatic rings. The summed E-state index contributed by atoms with van der Waals surface area (Å²) in [5.74, 6) is 0. The summed E-state index contributed by atoms with van der Waals surface area (Å²) in [5, 5.41) is 4.83. The van der Waals surface area contributed by atoms with E-state index in [4.69, 9.17) is 9.32 Å². The maximum atomic E-state index is 10.8. The molecule has 98 valence electrons. The van der Waals surface area contributed by atoms with Crippen LogP contribution in [0.15, 0.2) is 30.3 Å². The maximum Gasteiger partial charge on any atom is 0.333 e. The Kier molecular flexibility index (Phi) is 3.85. The number of hydrogen-bond acceptors (Lipinski definition) is 3. The Morgan fingerprint density at radius 2 is 2.11 bits per heavy atom. The van der Waals surface area contributed by atoms with Gasteiger partial charge in [0.1, 0.15) is 0 Å². The maximum absolute atomic E-state index is 10.8. The Bertz CT molecular complexity index is 563. The van der Waals surface area contributed by atoms with Crippen LogP contribution in [0.2, 0.25) is 0 Å². The highest BCUT2D eigenvalue weighted by molar-refractivity contribution is 7.84. The summed E-state index contributed by atoms with van der Waals surface area (Å²) >= 11 is 0. The van der Waals surface area contributed by atoms with Crippen LogP contribution in [-0.4, -0.2) is 14.5 Å². The highest BCUT2D eigenvalue weighted by atomic mass is 32.2. The Balaban J connectivity index is 1.93. The van der Waals surface area contributed by atoms with Gasteiger partial charge in [-0.15, -0.1) is 0 Å². The quantitative estimate of drug-likeness (QED) is 0.887. The molecule has 1 aromatic carbocycles. The SMILES string of the molecule is CC(CCC1=CCc2ccccc21)OS(N)(=O)=O. The van der Waals surface area contributed by atoms with Gasteiger partial charge in [0.05, 0.1) is 6.10 Å². The normalized spacial score (nSPS) is 16.2. The zero-order valence-corrected chi connectivity index (χ0v) is 11.1.